The van der Waals surface area contributed by atoms with E-state index in [1.807, 2.05) is 55.5 Å². The number of H-pyrrole nitrogens is 1. The van der Waals surface area contributed by atoms with E-state index in [2.05, 4.69) is 56.8 Å². The molecule has 0 saturated carbocycles. The summed E-state index contributed by atoms with van der Waals surface area (Å²) in [5.41, 5.74) is 5.33. The smallest absolute Gasteiger partial charge is 0.228 e. The van der Waals surface area contributed by atoms with Crippen LogP contribution in [0.1, 0.15) is 30.5 Å². The summed E-state index contributed by atoms with van der Waals surface area (Å²) >= 11 is 0. The van der Waals surface area contributed by atoms with E-state index in [1.54, 1.807) is 12.1 Å². The van der Waals surface area contributed by atoms with Gasteiger partial charge in [-0.05, 0) is 58.7 Å². The molecular formula is C32H32FN7O. The molecule has 0 saturated heterocycles. The Balaban J connectivity index is 1.57. The van der Waals surface area contributed by atoms with Crippen molar-refractivity contribution < 1.29 is 9.18 Å². The van der Waals surface area contributed by atoms with E-state index in [9.17, 15) is 9.18 Å². The standard InChI is InChI=1S/C32H32FN7O/c1-21(2)19-40(20-24-7-5-4-6-8-24)30-18-26(34-31(41)15-23-11-9-22(3)10-12-23)17-29(35-30)28-16-25(33)13-14-27(28)32-36-38-39-37-32/h4-14,16-18,21H,15,19-20H2,1-3H3,(H,34,35,41)(H,36,37,38,39). The van der Waals surface area contributed by atoms with Crippen LogP contribution in [-0.4, -0.2) is 38.1 Å². The predicted molar refractivity (Wildman–Crippen MR) is 159 cm³/mol. The molecule has 1 amide bonds. The lowest BCUT2D eigenvalue weighted by Gasteiger charge is -2.27. The van der Waals surface area contributed by atoms with Crippen molar-refractivity contribution >= 4 is 17.4 Å². The van der Waals surface area contributed by atoms with E-state index in [0.29, 0.717) is 46.6 Å². The Labute approximate surface area is 238 Å². The predicted octanol–water partition coefficient (Wildman–Crippen LogP) is 6.22. The van der Waals surface area contributed by atoms with Gasteiger partial charge < -0.3 is 10.2 Å². The van der Waals surface area contributed by atoms with E-state index in [4.69, 9.17) is 4.98 Å². The molecule has 208 valence electrons. The first-order valence-corrected chi connectivity index (χ1v) is 13.5. The first-order valence-electron chi connectivity index (χ1n) is 13.5. The van der Waals surface area contributed by atoms with Gasteiger partial charge in [-0.3, -0.25) is 4.79 Å². The number of nitrogens with one attached hydrogen (secondary N) is 2. The molecule has 5 rings (SSSR count). The van der Waals surface area contributed by atoms with Crippen LogP contribution < -0.4 is 10.2 Å². The third kappa shape index (κ3) is 7.19. The second kappa shape index (κ2) is 12.5. The average molecular weight is 550 g/mol. The molecule has 2 N–H and O–H groups in total. The first kappa shape index (κ1) is 27.6. The summed E-state index contributed by atoms with van der Waals surface area (Å²) in [7, 11) is 0. The molecule has 0 aliphatic carbocycles. The minimum absolute atomic E-state index is 0.158. The Morgan fingerprint density at radius 2 is 1.73 bits per heavy atom. The number of pyridine rings is 1. The highest BCUT2D eigenvalue weighted by Crippen LogP contribution is 2.33. The number of hydrogen-bond acceptors (Lipinski definition) is 6. The van der Waals surface area contributed by atoms with Crippen LogP contribution in [0, 0.1) is 18.7 Å². The normalized spacial score (nSPS) is 11.0. The van der Waals surface area contributed by atoms with Crippen LogP contribution in [0.5, 0.6) is 0 Å². The van der Waals surface area contributed by atoms with Crippen LogP contribution in [0.25, 0.3) is 22.6 Å². The summed E-state index contributed by atoms with van der Waals surface area (Å²) in [6.07, 6.45) is 0.224. The number of aryl methyl sites for hydroxylation is 1. The van der Waals surface area contributed by atoms with Crippen LogP contribution in [-0.2, 0) is 17.8 Å². The van der Waals surface area contributed by atoms with Crippen molar-refractivity contribution in [2.24, 2.45) is 5.92 Å². The molecule has 8 nitrogen and oxygen atoms in total. The lowest BCUT2D eigenvalue weighted by atomic mass is 10.0. The fourth-order valence-corrected chi connectivity index (χ4v) is 4.68. The molecule has 9 heteroatoms. The third-order valence-corrected chi connectivity index (χ3v) is 6.56. The van der Waals surface area contributed by atoms with Crippen LogP contribution >= 0.6 is 0 Å². The molecule has 0 bridgehead atoms. The number of anilines is 2. The fraction of sp³-hybridized carbons (Fsp3) is 0.219. The summed E-state index contributed by atoms with van der Waals surface area (Å²) in [6, 6.07) is 26.0. The first-order chi connectivity index (χ1) is 19.8. The van der Waals surface area contributed by atoms with Crippen molar-refractivity contribution in [1.29, 1.82) is 0 Å². The number of hydrogen-bond donors (Lipinski definition) is 2. The zero-order valence-electron chi connectivity index (χ0n) is 23.3. The number of tetrazole rings is 1. The zero-order chi connectivity index (χ0) is 28.8. The molecule has 0 fully saturated rings. The van der Waals surface area contributed by atoms with Gasteiger partial charge in [-0.15, -0.1) is 5.10 Å². The highest BCUT2D eigenvalue weighted by molar-refractivity contribution is 5.93. The van der Waals surface area contributed by atoms with Gasteiger partial charge in [-0.25, -0.2) is 14.5 Å². The van der Waals surface area contributed by atoms with Gasteiger partial charge in [0.15, 0.2) is 5.82 Å². The van der Waals surface area contributed by atoms with Crippen LogP contribution in [0.3, 0.4) is 0 Å². The quantitative estimate of drug-likeness (QED) is 0.215. The summed E-state index contributed by atoms with van der Waals surface area (Å²) in [6.45, 7) is 7.65. The van der Waals surface area contributed by atoms with E-state index in [-0.39, 0.29) is 12.3 Å². The van der Waals surface area contributed by atoms with Crippen molar-refractivity contribution in [1.82, 2.24) is 25.6 Å². The highest BCUT2D eigenvalue weighted by atomic mass is 19.1. The third-order valence-electron chi connectivity index (χ3n) is 6.56. The molecule has 0 radical (unpaired) electrons. The number of benzene rings is 3. The van der Waals surface area contributed by atoms with Crippen molar-refractivity contribution in [2.45, 2.75) is 33.7 Å². The van der Waals surface area contributed by atoms with E-state index < -0.39 is 5.82 Å². The van der Waals surface area contributed by atoms with Crippen LogP contribution in [0.2, 0.25) is 0 Å². The number of halogens is 1. The minimum Gasteiger partial charge on any atom is -0.352 e. The maximum atomic E-state index is 14.6. The van der Waals surface area contributed by atoms with Gasteiger partial charge in [0.25, 0.3) is 0 Å². The number of nitrogens with zero attached hydrogens (tertiary/aromatic N) is 5. The Morgan fingerprint density at radius 3 is 2.44 bits per heavy atom. The monoisotopic (exact) mass is 549 g/mol. The number of rotatable bonds is 10. The molecule has 3 aromatic carbocycles. The Morgan fingerprint density at radius 1 is 0.951 bits per heavy atom. The molecule has 41 heavy (non-hydrogen) atoms. The molecular weight excluding hydrogens is 517 g/mol. The van der Waals surface area contributed by atoms with Gasteiger partial charge in [-0.2, -0.15) is 0 Å². The topological polar surface area (TPSA) is 99.7 Å². The van der Waals surface area contributed by atoms with Gasteiger partial charge in [0, 0.05) is 36.0 Å². The Bertz CT molecular complexity index is 1600. The summed E-state index contributed by atoms with van der Waals surface area (Å²) < 4.78 is 14.6. The lowest BCUT2D eigenvalue weighted by Crippen LogP contribution is -2.28. The van der Waals surface area contributed by atoms with Gasteiger partial charge in [0.1, 0.15) is 11.6 Å². The van der Waals surface area contributed by atoms with Crippen molar-refractivity contribution in [3.8, 4) is 22.6 Å². The minimum atomic E-state index is -0.420. The van der Waals surface area contributed by atoms with Gasteiger partial charge in [0.05, 0.1) is 12.1 Å². The van der Waals surface area contributed by atoms with Crippen molar-refractivity contribution in [2.75, 3.05) is 16.8 Å². The van der Waals surface area contributed by atoms with E-state index in [0.717, 1.165) is 23.2 Å². The Kier molecular flexibility index (Phi) is 8.43. The highest BCUT2D eigenvalue weighted by Gasteiger charge is 2.19. The molecule has 0 atom stereocenters. The molecule has 0 unspecified atom stereocenters. The maximum Gasteiger partial charge on any atom is 0.228 e. The summed E-state index contributed by atoms with van der Waals surface area (Å²) in [5, 5.41) is 17.2. The van der Waals surface area contributed by atoms with Crippen LogP contribution in [0.15, 0.2) is 84.9 Å². The number of aromatic amines is 1. The second-order valence-corrected chi connectivity index (χ2v) is 10.5. The average Bonchev–Trinajstić information content (AvgIpc) is 3.49. The van der Waals surface area contributed by atoms with Gasteiger partial charge >= 0.3 is 0 Å². The second-order valence-electron chi connectivity index (χ2n) is 10.5. The molecule has 2 aromatic heterocycles. The maximum absolute atomic E-state index is 14.6. The summed E-state index contributed by atoms with van der Waals surface area (Å²) in [4.78, 5) is 20.3. The number of carbonyl (C=O) groups is 1. The molecule has 0 spiro atoms. The molecule has 2 heterocycles. The Hall–Kier alpha value is -4.92. The van der Waals surface area contributed by atoms with E-state index >= 15 is 0 Å². The summed E-state index contributed by atoms with van der Waals surface area (Å²) in [5.74, 6) is 0.817. The zero-order valence-corrected chi connectivity index (χ0v) is 23.3. The number of amides is 1. The fourth-order valence-electron chi connectivity index (χ4n) is 4.68. The largest absolute Gasteiger partial charge is 0.352 e. The number of carbonyl (C=O) groups excluding carboxylic acids is 1. The molecule has 0 aliphatic heterocycles. The molecule has 0 aliphatic rings. The van der Waals surface area contributed by atoms with Crippen molar-refractivity contribution in [3.63, 3.8) is 0 Å². The lowest BCUT2D eigenvalue weighted by molar-refractivity contribution is -0.115. The van der Waals surface area contributed by atoms with Gasteiger partial charge in [-0.1, -0.05) is 74.0 Å². The number of aromatic nitrogens is 5. The molecule has 5 aromatic rings. The van der Waals surface area contributed by atoms with Crippen LogP contribution in [0.4, 0.5) is 15.9 Å². The van der Waals surface area contributed by atoms with E-state index in [1.165, 1.54) is 12.1 Å². The SMILES string of the molecule is Cc1ccc(CC(=O)Nc2cc(-c3cc(F)ccc3-c3nnn[nH]3)nc(N(Cc3ccccc3)CC(C)C)c2)cc1. The van der Waals surface area contributed by atoms with Gasteiger partial charge in [0.2, 0.25) is 5.91 Å². The van der Waals surface area contributed by atoms with Crippen molar-refractivity contribution in [3.05, 3.63) is 107 Å².